The predicted octanol–water partition coefficient (Wildman–Crippen LogP) is 3.18. The van der Waals surface area contributed by atoms with Gasteiger partial charge < -0.3 is 13.9 Å². The van der Waals surface area contributed by atoms with E-state index in [0.29, 0.717) is 17.1 Å². The molecule has 5 heteroatoms. The first-order chi connectivity index (χ1) is 9.81. The number of oxazole rings is 1. The lowest BCUT2D eigenvalue weighted by Gasteiger charge is -2.12. The Morgan fingerprint density at radius 2 is 1.85 bits per heavy atom. The lowest BCUT2D eigenvalue weighted by molar-refractivity contribution is -0.106. The van der Waals surface area contributed by atoms with Gasteiger partial charge in [0.05, 0.1) is 0 Å². The largest absolute Gasteiger partial charge is 0.418 e. The Morgan fingerprint density at radius 3 is 2.55 bits per heavy atom. The van der Waals surface area contributed by atoms with Crippen molar-refractivity contribution in [3.05, 3.63) is 48.2 Å². The van der Waals surface area contributed by atoms with Crippen LogP contribution < -0.4 is 0 Å². The summed E-state index contributed by atoms with van der Waals surface area (Å²) in [6.07, 6.45) is 1.21. The Labute approximate surface area is 116 Å². The minimum absolute atomic E-state index is 0.455. The number of hydrogen-bond acceptors (Lipinski definition) is 5. The molecule has 3 aromatic rings. The van der Waals surface area contributed by atoms with E-state index < -0.39 is 6.29 Å². The minimum Gasteiger partial charge on any atom is -0.418 e. The summed E-state index contributed by atoms with van der Waals surface area (Å²) < 4.78 is 16.1. The maximum Gasteiger partial charge on any atom is 0.247 e. The van der Waals surface area contributed by atoms with E-state index in [0.717, 1.165) is 11.1 Å². The molecule has 3 rings (SSSR count). The Kier molecular flexibility index (Phi) is 3.45. The smallest absolute Gasteiger partial charge is 0.247 e. The van der Waals surface area contributed by atoms with Gasteiger partial charge in [-0.25, -0.2) is 9.97 Å². The van der Waals surface area contributed by atoms with Crippen molar-refractivity contribution in [2.75, 3.05) is 14.2 Å². The zero-order valence-electron chi connectivity index (χ0n) is 11.2. The van der Waals surface area contributed by atoms with Crippen molar-refractivity contribution in [1.82, 2.24) is 9.97 Å². The van der Waals surface area contributed by atoms with Crippen LogP contribution in [0.25, 0.3) is 22.7 Å². The first kappa shape index (κ1) is 12.8. The van der Waals surface area contributed by atoms with Gasteiger partial charge in [0, 0.05) is 31.5 Å². The lowest BCUT2D eigenvalue weighted by atomic mass is 10.2. The van der Waals surface area contributed by atoms with Crippen LogP contribution in [0.3, 0.4) is 0 Å². The zero-order chi connectivity index (χ0) is 13.9. The molecular formula is C15H14N2O3. The van der Waals surface area contributed by atoms with Crippen molar-refractivity contribution in [3.63, 3.8) is 0 Å². The van der Waals surface area contributed by atoms with Crippen molar-refractivity contribution in [2.45, 2.75) is 6.29 Å². The monoisotopic (exact) mass is 270 g/mol. The number of hydrogen-bond donors (Lipinski definition) is 0. The van der Waals surface area contributed by atoms with Crippen molar-refractivity contribution in [2.24, 2.45) is 0 Å². The van der Waals surface area contributed by atoms with Crippen LogP contribution in [0.2, 0.25) is 0 Å². The van der Waals surface area contributed by atoms with Gasteiger partial charge >= 0.3 is 0 Å². The average molecular weight is 270 g/mol. The fraction of sp³-hybridized carbons (Fsp3) is 0.200. The van der Waals surface area contributed by atoms with E-state index in [-0.39, 0.29) is 0 Å². The Balaban J connectivity index is 2.04. The van der Waals surface area contributed by atoms with E-state index in [1.54, 1.807) is 20.4 Å². The average Bonchev–Trinajstić information content (AvgIpc) is 2.93. The number of fused-ring (bicyclic) bond motifs is 1. The predicted molar refractivity (Wildman–Crippen MR) is 74.0 cm³/mol. The third-order valence-corrected chi connectivity index (χ3v) is 2.99. The maximum atomic E-state index is 5.65. The second-order valence-electron chi connectivity index (χ2n) is 4.28. The van der Waals surface area contributed by atoms with Crippen LogP contribution in [0.15, 0.2) is 47.0 Å². The molecule has 0 unspecified atom stereocenters. The SMILES string of the molecule is COC(OC)c1cnc2oc(-c3ccccc3)nc2c1. The summed E-state index contributed by atoms with van der Waals surface area (Å²) in [7, 11) is 3.16. The fourth-order valence-electron chi connectivity index (χ4n) is 2.04. The molecule has 0 aliphatic carbocycles. The third kappa shape index (κ3) is 2.29. The summed E-state index contributed by atoms with van der Waals surface area (Å²) in [6, 6.07) is 11.6. The maximum absolute atomic E-state index is 5.65. The number of methoxy groups -OCH3 is 2. The third-order valence-electron chi connectivity index (χ3n) is 2.99. The molecule has 0 aliphatic heterocycles. The molecule has 0 saturated heterocycles. The zero-order valence-corrected chi connectivity index (χ0v) is 11.2. The highest BCUT2D eigenvalue weighted by molar-refractivity contribution is 5.73. The molecule has 102 valence electrons. The number of pyridine rings is 1. The summed E-state index contributed by atoms with van der Waals surface area (Å²) in [6.45, 7) is 0. The normalized spacial score (nSPS) is 11.3. The summed E-state index contributed by atoms with van der Waals surface area (Å²) >= 11 is 0. The molecule has 0 atom stereocenters. The summed E-state index contributed by atoms with van der Waals surface area (Å²) in [5.74, 6) is 0.552. The van der Waals surface area contributed by atoms with E-state index in [2.05, 4.69) is 9.97 Å². The van der Waals surface area contributed by atoms with Crippen LogP contribution in [0, 0.1) is 0 Å². The molecule has 0 bridgehead atoms. The standard InChI is InChI=1S/C15H14N2O3/c1-18-15(19-2)11-8-12-14(16-9-11)20-13(17-12)10-6-4-3-5-7-10/h3-9,15H,1-2H3. The Bertz CT molecular complexity index is 705. The van der Waals surface area contributed by atoms with Crippen LogP contribution in [0.4, 0.5) is 0 Å². The second-order valence-corrected chi connectivity index (χ2v) is 4.28. The number of benzene rings is 1. The quantitative estimate of drug-likeness (QED) is 0.681. The topological polar surface area (TPSA) is 57.4 Å². The number of rotatable bonds is 4. The molecule has 2 heterocycles. The molecule has 0 N–H and O–H groups in total. The number of nitrogens with zero attached hydrogens (tertiary/aromatic N) is 2. The molecule has 0 fully saturated rings. The molecule has 0 amide bonds. The van der Waals surface area contributed by atoms with Gasteiger partial charge in [-0.2, -0.15) is 0 Å². The van der Waals surface area contributed by atoms with E-state index in [1.807, 2.05) is 36.4 Å². The number of ether oxygens (including phenoxy) is 2. The van der Waals surface area contributed by atoms with Crippen LogP contribution in [-0.4, -0.2) is 24.2 Å². The van der Waals surface area contributed by atoms with Gasteiger partial charge in [0.15, 0.2) is 6.29 Å². The van der Waals surface area contributed by atoms with Gasteiger partial charge in [-0.1, -0.05) is 18.2 Å². The Hall–Kier alpha value is -2.24. The van der Waals surface area contributed by atoms with Crippen molar-refractivity contribution >= 4 is 11.2 Å². The first-order valence-corrected chi connectivity index (χ1v) is 6.19. The van der Waals surface area contributed by atoms with E-state index in [4.69, 9.17) is 13.9 Å². The van der Waals surface area contributed by atoms with Gasteiger partial charge in [0.1, 0.15) is 5.52 Å². The second kappa shape index (κ2) is 5.40. The molecule has 0 saturated carbocycles. The van der Waals surface area contributed by atoms with E-state index in [1.165, 1.54) is 0 Å². The number of aromatic nitrogens is 2. The van der Waals surface area contributed by atoms with Gasteiger partial charge in [-0.15, -0.1) is 0 Å². The van der Waals surface area contributed by atoms with Gasteiger partial charge in [0.2, 0.25) is 11.6 Å². The highest BCUT2D eigenvalue weighted by atomic mass is 16.7. The fourth-order valence-corrected chi connectivity index (χ4v) is 2.04. The molecule has 0 aliphatic rings. The van der Waals surface area contributed by atoms with Crippen molar-refractivity contribution < 1.29 is 13.9 Å². The first-order valence-electron chi connectivity index (χ1n) is 6.19. The molecule has 1 aromatic carbocycles. The molecule has 20 heavy (non-hydrogen) atoms. The van der Waals surface area contributed by atoms with E-state index >= 15 is 0 Å². The van der Waals surface area contributed by atoms with Crippen LogP contribution in [-0.2, 0) is 9.47 Å². The summed E-state index contributed by atoms with van der Waals surface area (Å²) in [4.78, 5) is 8.71. The molecule has 2 aromatic heterocycles. The van der Waals surface area contributed by atoms with Crippen molar-refractivity contribution in [3.8, 4) is 11.5 Å². The van der Waals surface area contributed by atoms with Gasteiger partial charge in [-0.05, 0) is 18.2 Å². The molecule has 0 spiro atoms. The minimum atomic E-state index is -0.455. The molecule has 0 radical (unpaired) electrons. The van der Waals surface area contributed by atoms with Crippen molar-refractivity contribution in [1.29, 1.82) is 0 Å². The van der Waals surface area contributed by atoms with Crippen LogP contribution in [0.1, 0.15) is 11.9 Å². The summed E-state index contributed by atoms with van der Waals surface area (Å²) in [5, 5.41) is 0. The van der Waals surface area contributed by atoms with E-state index in [9.17, 15) is 0 Å². The van der Waals surface area contributed by atoms with Crippen LogP contribution in [0.5, 0.6) is 0 Å². The summed E-state index contributed by atoms with van der Waals surface area (Å²) in [5.41, 5.74) is 2.90. The molecular weight excluding hydrogens is 256 g/mol. The highest BCUT2D eigenvalue weighted by Crippen LogP contribution is 2.25. The van der Waals surface area contributed by atoms with Gasteiger partial charge in [0.25, 0.3) is 0 Å². The van der Waals surface area contributed by atoms with Crippen LogP contribution >= 0.6 is 0 Å². The lowest BCUT2D eigenvalue weighted by Crippen LogP contribution is -2.03. The highest BCUT2D eigenvalue weighted by Gasteiger charge is 2.14. The van der Waals surface area contributed by atoms with Gasteiger partial charge in [-0.3, -0.25) is 0 Å². The Morgan fingerprint density at radius 1 is 1.10 bits per heavy atom. The molecule has 5 nitrogen and oxygen atoms in total.